The van der Waals surface area contributed by atoms with Crippen LogP contribution >= 0.6 is 0 Å². The minimum atomic E-state index is -0.427. The number of nitrogens with zero attached hydrogens (tertiary/aromatic N) is 3. The van der Waals surface area contributed by atoms with Gasteiger partial charge in [0.25, 0.3) is 0 Å². The van der Waals surface area contributed by atoms with E-state index in [9.17, 15) is 9.59 Å². The molecule has 8 nitrogen and oxygen atoms in total. The molecule has 0 saturated carbocycles. The quantitative estimate of drug-likeness (QED) is 0.735. The molecule has 0 aliphatic rings. The summed E-state index contributed by atoms with van der Waals surface area (Å²) < 4.78 is 9.95. The van der Waals surface area contributed by atoms with Crippen LogP contribution in [-0.2, 0) is 27.3 Å². The maximum Gasteiger partial charge on any atom is 0.329 e. The first-order valence-corrected chi connectivity index (χ1v) is 7.59. The third kappa shape index (κ3) is 5.38. The van der Waals surface area contributed by atoms with Crippen molar-refractivity contribution < 1.29 is 19.1 Å². The Morgan fingerprint density at radius 2 is 2.17 bits per heavy atom. The number of rotatable bonds is 8. The zero-order valence-electron chi connectivity index (χ0n) is 13.7. The minimum Gasteiger partial charge on any atom is -0.497 e. The van der Waals surface area contributed by atoms with Gasteiger partial charge in [-0.1, -0.05) is 12.1 Å². The normalized spacial score (nSPS) is 10.2. The van der Waals surface area contributed by atoms with E-state index in [1.54, 1.807) is 14.0 Å². The molecule has 1 amide bonds. The van der Waals surface area contributed by atoms with Gasteiger partial charge in [0.1, 0.15) is 5.75 Å². The monoisotopic (exact) mass is 332 g/mol. The van der Waals surface area contributed by atoms with Crippen molar-refractivity contribution in [3.05, 3.63) is 36.0 Å². The van der Waals surface area contributed by atoms with Crippen molar-refractivity contribution in [2.24, 2.45) is 0 Å². The first kappa shape index (κ1) is 17.5. The molecule has 1 heterocycles. The molecule has 0 fully saturated rings. The molecule has 2 aromatic rings. The number of carbonyl (C=O) groups is 2. The fraction of sp³-hybridized carbons (Fsp3) is 0.375. The maximum atomic E-state index is 12.0. The molecule has 0 atom stereocenters. The fourth-order valence-corrected chi connectivity index (χ4v) is 2.04. The number of esters is 1. The summed E-state index contributed by atoms with van der Waals surface area (Å²) in [7, 11) is 1.60. The van der Waals surface area contributed by atoms with Gasteiger partial charge in [-0.3, -0.25) is 4.79 Å². The average molecular weight is 332 g/mol. The number of carbonyl (C=O) groups excluding carboxylic acids is 2. The lowest BCUT2D eigenvalue weighted by atomic mass is 10.1. The molecule has 1 aromatic heterocycles. The summed E-state index contributed by atoms with van der Waals surface area (Å²) in [6, 6.07) is 7.56. The van der Waals surface area contributed by atoms with Gasteiger partial charge in [-0.25, -0.2) is 4.79 Å². The standard InChI is InChI=1S/C16H20N4O4/c1-3-24-16(22)11-20-17-10-14(19-20)18-15(21)8-7-12-5-4-6-13(9-12)23-2/h4-6,9-10H,3,7-8,11H2,1-2H3,(H,18,19,21). The van der Waals surface area contributed by atoms with Crippen molar-refractivity contribution in [3.63, 3.8) is 0 Å². The van der Waals surface area contributed by atoms with Crippen molar-refractivity contribution in [1.82, 2.24) is 15.0 Å². The van der Waals surface area contributed by atoms with E-state index < -0.39 is 5.97 Å². The Labute approximate surface area is 139 Å². The van der Waals surface area contributed by atoms with Crippen LogP contribution in [0.3, 0.4) is 0 Å². The number of anilines is 1. The molecule has 8 heteroatoms. The van der Waals surface area contributed by atoms with Crippen LogP contribution in [0.2, 0.25) is 0 Å². The van der Waals surface area contributed by atoms with Gasteiger partial charge in [0.2, 0.25) is 5.91 Å². The smallest absolute Gasteiger partial charge is 0.329 e. The first-order valence-electron chi connectivity index (χ1n) is 7.59. The van der Waals surface area contributed by atoms with Gasteiger partial charge >= 0.3 is 5.97 Å². The van der Waals surface area contributed by atoms with E-state index in [-0.39, 0.29) is 12.5 Å². The van der Waals surface area contributed by atoms with E-state index in [0.29, 0.717) is 25.3 Å². The van der Waals surface area contributed by atoms with E-state index in [2.05, 4.69) is 15.5 Å². The predicted molar refractivity (Wildman–Crippen MR) is 86.6 cm³/mol. The Hall–Kier alpha value is -2.90. The molecular formula is C16H20N4O4. The molecule has 0 spiro atoms. The highest BCUT2D eigenvalue weighted by Crippen LogP contribution is 2.14. The Morgan fingerprint density at radius 1 is 1.33 bits per heavy atom. The third-order valence-electron chi connectivity index (χ3n) is 3.15. The summed E-state index contributed by atoms with van der Waals surface area (Å²) in [6.07, 6.45) is 2.28. The fourth-order valence-electron chi connectivity index (χ4n) is 2.04. The lowest BCUT2D eigenvalue weighted by Crippen LogP contribution is -2.16. The highest BCUT2D eigenvalue weighted by atomic mass is 16.5. The van der Waals surface area contributed by atoms with Gasteiger partial charge in [-0.2, -0.15) is 9.90 Å². The number of hydrogen-bond donors (Lipinski definition) is 1. The summed E-state index contributed by atoms with van der Waals surface area (Å²) in [4.78, 5) is 24.5. The molecular weight excluding hydrogens is 312 g/mol. The van der Waals surface area contributed by atoms with Crippen molar-refractivity contribution in [2.45, 2.75) is 26.3 Å². The first-order chi connectivity index (χ1) is 11.6. The molecule has 0 unspecified atom stereocenters. The SMILES string of the molecule is CCOC(=O)Cn1ncc(NC(=O)CCc2cccc(OC)c2)n1. The van der Waals surface area contributed by atoms with Crippen LogP contribution in [0.5, 0.6) is 5.75 Å². The lowest BCUT2D eigenvalue weighted by Gasteiger charge is -2.04. The number of hydrogen-bond acceptors (Lipinski definition) is 6. The summed E-state index contributed by atoms with van der Waals surface area (Å²) in [5.41, 5.74) is 1.01. The largest absolute Gasteiger partial charge is 0.497 e. The summed E-state index contributed by atoms with van der Waals surface area (Å²) >= 11 is 0. The number of ether oxygens (including phenoxy) is 2. The van der Waals surface area contributed by atoms with Gasteiger partial charge in [0.05, 0.1) is 19.9 Å². The van der Waals surface area contributed by atoms with E-state index in [4.69, 9.17) is 9.47 Å². The second kappa shape index (κ2) is 8.66. The van der Waals surface area contributed by atoms with Crippen LogP contribution in [0.4, 0.5) is 5.82 Å². The van der Waals surface area contributed by atoms with E-state index in [1.165, 1.54) is 11.0 Å². The molecule has 1 aromatic carbocycles. The molecule has 0 bridgehead atoms. The van der Waals surface area contributed by atoms with Gasteiger partial charge in [-0.15, -0.1) is 5.10 Å². The number of nitrogens with one attached hydrogen (secondary N) is 1. The van der Waals surface area contributed by atoms with Gasteiger partial charge in [0.15, 0.2) is 12.4 Å². The Morgan fingerprint density at radius 3 is 2.92 bits per heavy atom. The molecule has 128 valence electrons. The van der Waals surface area contributed by atoms with Gasteiger partial charge < -0.3 is 14.8 Å². The molecule has 0 saturated heterocycles. The Balaban J connectivity index is 1.82. The van der Waals surface area contributed by atoms with Crippen LogP contribution in [0, 0.1) is 0 Å². The third-order valence-corrected chi connectivity index (χ3v) is 3.15. The van der Waals surface area contributed by atoms with Crippen LogP contribution in [-0.4, -0.2) is 40.6 Å². The van der Waals surface area contributed by atoms with Crippen LogP contribution in [0.25, 0.3) is 0 Å². The van der Waals surface area contributed by atoms with E-state index >= 15 is 0 Å². The maximum absolute atomic E-state index is 12.0. The van der Waals surface area contributed by atoms with Gasteiger partial charge in [-0.05, 0) is 31.0 Å². The van der Waals surface area contributed by atoms with Crippen molar-refractivity contribution in [2.75, 3.05) is 19.0 Å². The van der Waals surface area contributed by atoms with Crippen molar-refractivity contribution in [1.29, 1.82) is 0 Å². The highest BCUT2D eigenvalue weighted by Gasteiger charge is 2.09. The number of benzene rings is 1. The van der Waals surface area contributed by atoms with Crippen molar-refractivity contribution in [3.8, 4) is 5.75 Å². The van der Waals surface area contributed by atoms with Crippen LogP contribution in [0.15, 0.2) is 30.5 Å². The number of aromatic nitrogens is 3. The van der Waals surface area contributed by atoms with E-state index in [1.807, 2.05) is 24.3 Å². The second-order valence-electron chi connectivity index (χ2n) is 4.96. The average Bonchev–Trinajstić information content (AvgIpc) is 3.00. The molecule has 0 aliphatic heterocycles. The molecule has 2 rings (SSSR count). The predicted octanol–water partition coefficient (Wildman–Crippen LogP) is 1.42. The number of amides is 1. The zero-order valence-corrected chi connectivity index (χ0v) is 13.7. The van der Waals surface area contributed by atoms with E-state index in [0.717, 1.165) is 11.3 Å². The van der Waals surface area contributed by atoms with Crippen LogP contribution < -0.4 is 10.1 Å². The molecule has 24 heavy (non-hydrogen) atoms. The second-order valence-corrected chi connectivity index (χ2v) is 4.96. The summed E-state index contributed by atoms with van der Waals surface area (Å²) in [5, 5.41) is 10.6. The summed E-state index contributed by atoms with van der Waals surface area (Å²) in [6.45, 7) is 1.93. The topological polar surface area (TPSA) is 95.3 Å². The molecule has 0 radical (unpaired) electrons. The Bertz CT molecular complexity index is 699. The van der Waals surface area contributed by atoms with Gasteiger partial charge in [0, 0.05) is 6.42 Å². The molecule has 0 aliphatic carbocycles. The Kier molecular flexibility index (Phi) is 6.30. The number of aryl methyl sites for hydroxylation is 1. The highest BCUT2D eigenvalue weighted by molar-refractivity contribution is 5.89. The molecule has 1 N–H and O–H groups in total. The minimum absolute atomic E-state index is 0.0898. The zero-order chi connectivity index (χ0) is 17.4. The van der Waals surface area contributed by atoms with Crippen LogP contribution in [0.1, 0.15) is 18.9 Å². The lowest BCUT2D eigenvalue weighted by molar-refractivity contribution is -0.144. The number of methoxy groups -OCH3 is 1. The summed E-state index contributed by atoms with van der Waals surface area (Å²) in [5.74, 6) is 0.453. The van der Waals surface area contributed by atoms with Crippen molar-refractivity contribution >= 4 is 17.7 Å².